The summed E-state index contributed by atoms with van der Waals surface area (Å²) in [6, 6.07) is 10.4. The minimum atomic E-state index is -1.61. The maximum atomic E-state index is 11.2. The van der Waals surface area contributed by atoms with Crippen LogP contribution in [0.4, 0.5) is 5.69 Å². The molecule has 23 heavy (non-hydrogen) atoms. The zero-order valence-corrected chi connectivity index (χ0v) is 11.6. The van der Waals surface area contributed by atoms with Crippen LogP contribution in [0.15, 0.2) is 42.5 Å². The normalized spacial score (nSPS) is 10.1. The van der Waals surface area contributed by atoms with Crippen molar-refractivity contribution < 1.29 is 29.5 Å². The second-order valence-corrected chi connectivity index (χ2v) is 4.51. The van der Waals surface area contributed by atoms with Crippen molar-refractivity contribution in [2.75, 3.05) is 0 Å². The Balaban J connectivity index is 2.48. The van der Waals surface area contributed by atoms with Gasteiger partial charge in [0.15, 0.2) is 5.75 Å². The van der Waals surface area contributed by atoms with Crippen LogP contribution in [-0.4, -0.2) is 27.1 Å². The van der Waals surface area contributed by atoms with Gasteiger partial charge in [0.05, 0.1) is 10.5 Å². The number of hydrogen-bond acceptors (Lipinski definition) is 5. The molecule has 0 heterocycles. The molecule has 0 unspecified atom stereocenters. The summed E-state index contributed by atoms with van der Waals surface area (Å²) in [5, 5.41) is 29.2. The number of nitrogens with zero attached hydrogens (tertiary/aromatic N) is 1. The highest BCUT2D eigenvalue weighted by Gasteiger charge is 2.28. The number of carboxylic acids is 2. The standard InChI is InChI=1S/C15H11NO7/c17-14(18)10-6-11(15(19)20)13(16(21)22)12(7-10)23-8-9-4-2-1-3-5-9/h1-7H,8H2,(H,17,18)(H,19,20). The Labute approximate surface area is 129 Å². The molecule has 0 radical (unpaired) electrons. The van der Waals surface area contributed by atoms with E-state index in [0.29, 0.717) is 5.56 Å². The molecule has 0 spiro atoms. The number of ether oxygens (including phenoxy) is 1. The average Bonchev–Trinajstić information content (AvgIpc) is 2.52. The molecule has 118 valence electrons. The molecule has 0 aliphatic carbocycles. The second kappa shape index (κ2) is 6.56. The van der Waals surface area contributed by atoms with Gasteiger partial charge in [-0.15, -0.1) is 0 Å². The SMILES string of the molecule is O=C(O)c1cc(OCc2ccccc2)c([N+](=O)[O-])c(C(=O)O)c1. The summed E-state index contributed by atoms with van der Waals surface area (Å²) in [6.07, 6.45) is 0. The minimum Gasteiger partial charge on any atom is -0.482 e. The quantitative estimate of drug-likeness (QED) is 0.619. The first kappa shape index (κ1) is 16.0. The van der Waals surface area contributed by atoms with Crippen LogP contribution in [0, 0.1) is 10.1 Å². The summed E-state index contributed by atoms with van der Waals surface area (Å²) in [7, 11) is 0. The summed E-state index contributed by atoms with van der Waals surface area (Å²) >= 11 is 0. The summed E-state index contributed by atoms with van der Waals surface area (Å²) < 4.78 is 5.30. The molecule has 2 aromatic rings. The Kier molecular flexibility index (Phi) is 4.55. The zero-order valence-electron chi connectivity index (χ0n) is 11.6. The van der Waals surface area contributed by atoms with Crippen molar-refractivity contribution in [3.63, 3.8) is 0 Å². The molecule has 0 amide bonds. The van der Waals surface area contributed by atoms with Crippen molar-refractivity contribution in [2.45, 2.75) is 6.61 Å². The monoisotopic (exact) mass is 317 g/mol. The lowest BCUT2D eigenvalue weighted by Gasteiger charge is -2.09. The van der Waals surface area contributed by atoms with Gasteiger partial charge in [-0.2, -0.15) is 0 Å². The van der Waals surface area contributed by atoms with Crippen molar-refractivity contribution in [1.82, 2.24) is 0 Å². The van der Waals surface area contributed by atoms with E-state index in [1.54, 1.807) is 30.3 Å². The summed E-state index contributed by atoms with van der Waals surface area (Å²) in [4.78, 5) is 32.5. The number of carbonyl (C=O) groups is 2. The van der Waals surface area contributed by atoms with E-state index >= 15 is 0 Å². The minimum absolute atomic E-state index is 0.0657. The number of rotatable bonds is 6. The Morgan fingerprint density at radius 1 is 1.09 bits per heavy atom. The Morgan fingerprint density at radius 3 is 2.26 bits per heavy atom. The molecule has 0 aromatic heterocycles. The van der Waals surface area contributed by atoms with Gasteiger partial charge in [0.1, 0.15) is 12.2 Å². The van der Waals surface area contributed by atoms with Crippen LogP contribution in [0.2, 0.25) is 0 Å². The lowest BCUT2D eigenvalue weighted by atomic mass is 10.1. The highest BCUT2D eigenvalue weighted by atomic mass is 16.6. The summed E-state index contributed by atoms with van der Waals surface area (Å²) in [5.41, 5.74) is -1.23. The van der Waals surface area contributed by atoms with Crippen LogP contribution in [0.25, 0.3) is 0 Å². The van der Waals surface area contributed by atoms with E-state index < -0.39 is 39.4 Å². The molecule has 8 nitrogen and oxygen atoms in total. The molecule has 0 aliphatic rings. The first-order valence-electron chi connectivity index (χ1n) is 6.36. The molecule has 0 saturated carbocycles. The molecule has 2 N–H and O–H groups in total. The van der Waals surface area contributed by atoms with Crippen LogP contribution in [0.5, 0.6) is 5.75 Å². The predicted molar refractivity (Wildman–Crippen MR) is 77.8 cm³/mol. The highest BCUT2D eigenvalue weighted by Crippen LogP contribution is 2.33. The van der Waals surface area contributed by atoms with Crippen LogP contribution < -0.4 is 4.74 Å². The first-order chi connectivity index (χ1) is 10.9. The van der Waals surface area contributed by atoms with E-state index in [9.17, 15) is 19.7 Å². The summed E-state index contributed by atoms with van der Waals surface area (Å²) in [6.45, 7) is -0.0657. The molecule has 0 aliphatic heterocycles. The van der Waals surface area contributed by atoms with Gasteiger partial charge >= 0.3 is 17.6 Å². The molecule has 8 heteroatoms. The molecule has 2 aromatic carbocycles. The van der Waals surface area contributed by atoms with E-state index in [1.807, 2.05) is 0 Å². The number of benzene rings is 2. The lowest BCUT2D eigenvalue weighted by molar-refractivity contribution is -0.386. The van der Waals surface area contributed by atoms with Crippen LogP contribution in [0.1, 0.15) is 26.3 Å². The third-order valence-corrected chi connectivity index (χ3v) is 2.97. The molecule has 0 atom stereocenters. The predicted octanol–water partition coefficient (Wildman–Crippen LogP) is 2.57. The molecule has 2 rings (SSSR count). The van der Waals surface area contributed by atoms with Gasteiger partial charge < -0.3 is 14.9 Å². The fourth-order valence-corrected chi connectivity index (χ4v) is 1.93. The third kappa shape index (κ3) is 3.62. The maximum absolute atomic E-state index is 11.2. The van der Waals surface area contributed by atoms with E-state index in [2.05, 4.69) is 0 Å². The van der Waals surface area contributed by atoms with Crippen molar-refractivity contribution in [2.24, 2.45) is 0 Å². The molecule has 0 saturated heterocycles. The van der Waals surface area contributed by atoms with Gasteiger partial charge in [-0.3, -0.25) is 10.1 Å². The van der Waals surface area contributed by atoms with Crippen molar-refractivity contribution in [1.29, 1.82) is 0 Å². The van der Waals surface area contributed by atoms with Gasteiger partial charge in [-0.25, -0.2) is 9.59 Å². The number of carboxylic acid groups (broad SMARTS) is 2. The fraction of sp³-hybridized carbons (Fsp3) is 0.0667. The van der Waals surface area contributed by atoms with Crippen LogP contribution in [0.3, 0.4) is 0 Å². The third-order valence-electron chi connectivity index (χ3n) is 2.97. The van der Waals surface area contributed by atoms with Gasteiger partial charge in [-0.05, 0) is 11.6 Å². The highest BCUT2D eigenvalue weighted by molar-refractivity contribution is 5.98. The van der Waals surface area contributed by atoms with Crippen molar-refractivity contribution in [3.05, 3.63) is 69.3 Å². The second-order valence-electron chi connectivity index (χ2n) is 4.51. The van der Waals surface area contributed by atoms with Crippen LogP contribution in [-0.2, 0) is 6.61 Å². The number of nitro benzene ring substituents is 1. The molecular formula is C15H11NO7. The smallest absolute Gasteiger partial charge is 0.342 e. The van der Waals surface area contributed by atoms with E-state index in [-0.39, 0.29) is 6.61 Å². The maximum Gasteiger partial charge on any atom is 0.342 e. The topological polar surface area (TPSA) is 127 Å². The average molecular weight is 317 g/mol. The Bertz CT molecular complexity index is 771. The van der Waals surface area contributed by atoms with Crippen molar-refractivity contribution in [3.8, 4) is 5.75 Å². The first-order valence-corrected chi connectivity index (χ1v) is 6.36. The van der Waals surface area contributed by atoms with Gasteiger partial charge in [0.25, 0.3) is 0 Å². The van der Waals surface area contributed by atoms with E-state index in [0.717, 1.165) is 12.1 Å². The molecule has 0 fully saturated rings. The van der Waals surface area contributed by atoms with Gasteiger partial charge in [0, 0.05) is 6.07 Å². The summed E-state index contributed by atoms with van der Waals surface area (Å²) in [5.74, 6) is -3.42. The van der Waals surface area contributed by atoms with E-state index in [1.165, 1.54) is 0 Å². The molecular weight excluding hydrogens is 306 g/mol. The zero-order chi connectivity index (χ0) is 17.0. The molecule has 0 bridgehead atoms. The van der Waals surface area contributed by atoms with E-state index in [4.69, 9.17) is 14.9 Å². The Morgan fingerprint density at radius 2 is 1.74 bits per heavy atom. The van der Waals surface area contributed by atoms with Crippen molar-refractivity contribution >= 4 is 17.6 Å². The Hall–Kier alpha value is -3.42. The fourth-order valence-electron chi connectivity index (χ4n) is 1.93. The largest absolute Gasteiger partial charge is 0.482 e. The van der Waals surface area contributed by atoms with Gasteiger partial charge in [-0.1, -0.05) is 30.3 Å². The van der Waals surface area contributed by atoms with Crippen LogP contribution >= 0.6 is 0 Å². The number of nitro groups is 1. The van der Waals surface area contributed by atoms with Gasteiger partial charge in [0.2, 0.25) is 0 Å². The number of aromatic carboxylic acids is 2. The number of hydrogen-bond donors (Lipinski definition) is 2. The lowest BCUT2D eigenvalue weighted by Crippen LogP contribution is -2.09.